The highest BCUT2D eigenvalue weighted by atomic mass is 79.9. The lowest BCUT2D eigenvalue weighted by atomic mass is 10.1. The van der Waals surface area contributed by atoms with Crippen LogP contribution in [0, 0.1) is 6.92 Å². The van der Waals surface area contributed by atoms with Crippen molar-refractivity contribution in [2.45, 2.75) is 20.4 Å². The molecule has 1 aliphatic heterocycles. The maximum atomic E-state index is 12.4. The SMILES string of the molecule is CC1=[N+](CC(=O)c2ccc(Br)cc2)CCn2c(C)ccc21.[Br-]. The van der Waals surface area contributed by atoms with Crippen molar-refractivity contribution in [1.29, 1.82) is 0 Å². The van der Waals surface area contributed by atoms with Gasteiger partial charge in [0.2, 0.25) is 12.3 Å². The zero-order chi connectivity index (χ0) is 15.0. The van der Waals surface area contributed by atoms with E-state index in [0.717, 1.165) is 23.1 Å². The van der Waals surface area contributed by atoms with Crippen molar-refractivity contribution >= 4 is 27.4 Å². The Bertz CT molecular complexity index is 730. The van der Waals surface area contributed by atoms with E-state index in [4.69, 9.17) is 0 Å². The first kappa shape index (κ1) is 17.2. The van der Waals surface area contributed by atoms with Gasteiger partial charge in [-0.25, -0.2) is 4.58 Å². The predicted octanol–water partition coefficient (Wildman–Crippen LogP) is 0.281. The average Bonchev–Trinajstić information content (AvgIpc) is 2.85. The van der Waals surface area contributed by atoms with Gasteiger partial charge in [-0.2, -0.15) is 0 Å². The second-order valence-corrected chi connectivity index (χ2v) is 6.36. The molecule has 0 saturated heterocycles. The fraction of sp³-hybridized carbons (Fsp3) is 0.294. The summed E-state index contributed by atoms with van der Waals surface area (Å²) in [5.74, 6) is 0.165. The number of carbonyl (C=O) groups excluding carboxylic acids is 1. The summed E-state index contributed by atoms with van der Waals surface area (Å²) < 4.78 is 5.49. The molecule has 2 aromatic rings. The van der Waals surface area contributed by atoms with Gasteiger partial charge in [0.25, 0.3) is 0 Å². The fourth-order valence-electron chi connectivity index (χ4n) is 2.83. The van der Waals surface area contributed by atoms with Gasteiger partial charge in [-0.3, -0.25) is 4.79 Å². The second kappa shape index (κ2) is 6.92. The van der Waals surface area contributed by atoms with Crippen LogP contribution >= 0.6 is 15.9 Å². The van der Waals surface area contributed by atoms with Crippen molar-refractivity contribution in [3.8, 4) is 0 Å². The van der Waals surface area contributed by atoms with E-state index in [9.17, 15) is 4.79 Å². The second-order valence-electron chi connectivity index (χ2n) is 5.45. The van der Waals surface area contributed by atoms with Gasteiger partial charge < -0.3 is 21.5 Å². The van der Waals surface area contributed by atoms with Crippen molar-refractivity contribution in [2.75, 3.05) is 13.1 Å². The summed E-state index contributed by atoms with van der Waals surface area (Å²) >= 11 is 3.39. The zero-order valence-corrected chi connectivity index (χ0v) is 15.8. The highest BCUT2D eigenvalue weighted by molar-refractivity contribution is 9.10. The number of benzene rings is 1. The number of fused-ring (bicyclic) bond motifs is 1. The summed E-state index contributed by atoms with van der Waals surface area (Å²) in [6.07, 6.45) is 0. The van der Waals surface area contributed by atoms with Crippen molar-refractivity contribution in [1.82, 2.24) is 4.57 Å². The molecule has 0 saturated carbocycles. The minimum atomic E-state index is 0. The van der Waals surface area contributed by atoms with Gasteiger partial charge in [-0.05, 0) is 31.2 Å². The molecule has 0 bridgehead atoms. The summed E-state index contributed by atoms with van der Waals surface area (Å²) in [6, 6.07) is 11.8. The van der Waals surface area contributed by atoms with Gasteiger partial charge in [0.05, 0.1) is 6.54 Å². The van der Waals surface area contributed by atoms with Crippen LogP contribution in [0.2, 0.25) is 0 Å². The topological polar surface area (TPSA) is 25.0 Å². The number of Topliss-reactive ketones (excluding diaryl/α,β-unsaturated/α-hetero) is 1. The molecule has 116 valence electrons. The number of aryl methyl sites for hydroxylation is 1. The lowest BCUT2D eigenvalue weighted by molar-refractivity contribution is -0.518. The molecule has 0 aliphatic carbocycles. The molecule has 0 fully saturated rings. The van der Waals surface area contributed by atoms with E-state index < -0.39 is 0 Å². The van der Waals surface area contributed by atoms with E-state index >= 15 is 0 Å². The number of hydrogen-bond acceptors (Lipinski definition) is 1. The molecule has 0 spiro atoms. The Balaban J connectivity index is 0.00000176. The maximum absolute atomic E-state index is 12.4. The number of hydrogen-bond donors (Lipinski definition) is 0. The van der Waals surface area contributed by atoms with Gasteiger partial charge in [0.1, 0.15) is 5.69 Å². The first-order valence-corrected chi connectivity index (χ1v) is 7.89. The van der Waals surface area contributed by atoms with Gasteiger partial charge in [0.15, 0.2) is 12.3 Å². The third-order valence-corrected chi connectivity index (χ3v) is 4.67. The van der Waals surface area contributed by atoms with Crippen molar-refractivity contribution < 1.29 is 26.4 Å². The minimum absolute atomic E-state index is 0. The molecule has 3 rings (SSSR count). The Hall–Kier alpha value is -1.20. The van der Waals surface area contributed by atoms with Crippen LogP contribution in [-0.4, -0.2) is 33.7 Å². The molecule has 0 atom stereocenters. The molecule has 0 N–H and O–H groups in total. The lowest BCUT2D eigenvalue weighted by Crippen LogP contribution is -3.00. The third kappa shape index (κ3) is 3.25. The summed E-state index contributed by atoms with van der Waals surface area (Å²) in [6.45, 7) is 6.49. The minimum Gasteiger partial charge on any atom is -1.00 e. The first-order valence-electron chi connectivity index (χ1n) is 7.10. The fourth-order valence-corrected chi connectivity index (χ4v) is 3.09. The summed E-state index contributed by atoms with van der Waals surface area (Å²) in [5.41, 5.74) is 4.45. The summed E-state index contributed by atoms with van der Waals surface area (Å²) in [4.78, 5) is 12.4. The molecule has 3 nitrogen and oxygen atoms in total. The van der Waals surface area contributed by atoms with E-state index in [1.54, 1.807) is 0 Å². The normalized spacial score (nSPS) is 13.6. The van der Waals surface area contributed by atoms with Crippen LogP contribution in [0.5, 0.6) is 0 Å². The van der Waals surface area contributed by atoms with E-state index in [1.807, 2.05) is 24.3 Å². The van der Waals surface area contributed by atoms with Crippen molar-refractivity contribution in [2.24, 2.45) is 0 Å². The molecule has 0 radical (unpaired) electrons. The largest absolute Gasteiger partial charge is 1.00 e. The molecule has 22 heavy (non-hydrogen) atoms. The quantitative estimate of drug-likeness (QED) is 0.512. The molecular formula is C17H18Br2N2O. The van der Waals surface area contributed by atoms with Crippen molar-refractivity contribution in [3.05, 3.63) is 57.8 Å². The Morgan fingerprint density at radius 2 is 1.86 bits per heavy atom. The smallest absolute Gasteiger partial charge is 0.227 e. The Morgan fingerprint density at radius 3 is 2.55 bits per heavy atom. The Labute approximate surface area is 149 Å². The highest BCUT2D eigenvalue weighted by Gasteiger charge is 2.25. The maximum Gasteiger partial charge on any atom is 0.227 e. The first-order chi connectivity index (χ1) is 10.1. The summed E-state index contributed by atoms with van der Waals surface area (Å²) in [7, 11) is 0. The van der Waals surface area contributed by atoms with Crippen LogP contribution in [0.25, 0.3) is 0 Å². The summed E-state index contributed by atoms with van der Waals surface area (Å²) in [5, 5.41) is 0. The van der Waals surface area contributed by atoms with Crippen LogP contribution in [0.3, 0.4) is 0 Å². The third-order valence-electron chi connectivity index (χ3n) is 4.14. The molecule has 2 heterocycles. The van der Waals surface area contributed by atoms with Gasteiger partial charge in [0, 0.05) is 22.7 Å². The van der Waals surface area contributed by atoms with Crippen LogP contribution in [-0.2, 0) is 6.54 Å². The molecule has 1 aliphatic rings. The van der Waals surface area contributed by atoms with Gasteiger partial charge >= 0.3 is 0 Å². The molecule has 5 heteroatoms. The zero-order valence-electron chi connectivity index (χ0n) is 12.6. The van der Waals surface area contributed by atoms with E-state index in [1.165, 1.54) is 17.1 Å². The van der Waals surface area contributed by atoms with Gasteiger partial charge in [-0.15, -0.1) is 0 Å². The monoisotopic (exact) mass is 424 g/mol. The van der Waals surface area contributed by atoms with E-state index in [-0.39, 0.29) is 22.8 Å². The molecule has 0 amide bonds. The van der Waals surface area contributed by atoms with Gasteiger partial charge in [-0.1, -0.05) is 28.1 Å². The van der Waals surface area contributed by atoms with E-state index in [2.05, 4.69) is 51.1 Å². The Kier molecular flexibility index (Phi) is 5.40. The van der Waals surface area contributed by atoms with E-state index in [0.29, 0.717) is 6.54 Å². The number of ketones is 1. The standard InChI is InChI=1S/C17H18BrN2O.BrH/c1-12-3-8-16-13(2)19(9-10-20(12)16)11-17(21)14-4-6-15(18)7-5-14;/h3-8H,9-11H2,1-2H3;1H/q+1;/p-1. The van der Waals surface area contributed by atoms with Crippen LogP contribution in [0.15, 0.2) is 40.9 Å². The van der Waals surface area contributed by atoms with Crippen molar-refractivity contribution in [3.63, 3.8) is 0 Å². The lowest BCUT2D eigenvalue weighted by Gasteiger charge is -2.17. The number of rotatable bonds is 3. The average molecular weight is 426 g/mol. The molecule has 1 aromatic heterocycles. The van der Waals surface area contributed by atoms with Crippen LogP contribution < -0.4 is 17.0 Å². The number of nitrogens with zero attached hydrogens (tertiary/aromatic N) is 2. The molecular weight excluding hydrogens is 408 g/mol. The molecule has 0 unspecified atom stereocenters. The van der Waals surface area contributed by atoms with Crippen LogP contribution in [0.4, 0.5) is 0 Å². The Morgan fingerprint density at radius 1 is 1.18 bits per heavy atom. The number of aromatic nitrogens is 1. The predicted molar refractivity (Wildman–Crippen MR) is 87.4 cm³/mol. The number of carbonyl (C=O) groups is 1. The number of halogens is 2. The highest BCUT2D eigenvalue weighted by Crippen LogP contribution is 2.15. The van der Waals surface area contributed by atoms with Crippen LogP contribution in [0.1, 0.15) is 28.7 Å². The molecule has 1 aromatic carbocycles.